The van der Waals surface area contributed by atoms with E-state index in [9.17, 15) is 4.39 Å². The van der Waals surface area contributed by atoms with Gasteiger partial charge in [-0.25, -0.2) is 4.39 Å². The maximum Gasteiger partial charge on any atom is 0.118 e. The number of nitrogens with two attached hydrogens (primary N) is 1. The van der Waals surface area contributed by atoms with Crippen molar-refractivity contribution in [3.8, 4) is 0 Å². The van der Waals surface area contributed by atoms with E-state index in [4.69, 9.17) is 5.73 Å². The van der Waals surface area contributed by atoms with Crippen LogP contribution in [0.2, 0.25) is 0 Å². The molecule has 1 aliphatic rings. The number of nitrogens with zero attached hydrogens (tertiary/aromatic N) is 2. The molecule has 2 atom stereocenters. The van der Waals surface area contributed by atoms with E-state index in [0.29, 0.717) is 19.3 Å². The number of halogens is 2. The van der Waals surface area contributed by atoms with Crippen molar-refractivity contribution in [3.63, 3.8) is 0 Å². The summed E-state index contributed by atoms with van der Waals surface area (Å²) < 4.78 is 17.9. The Hall–Kier alpha value is -0.420. The highest BCUT2D eigenvalue weighted by atomic mass is 79.9. The van der Waals surface area contributed by atoms with Crippen molar-refractivity contribution in [2.45, 2.75) is 70.6 Å². The Morgan fingerprint density at radius 2 is 2.26 bits per heavy atom. The lowest BCUT2D eigenvalue weighted by molar-refractivity contribution is 0.0938. The second kappa shape index (κ2) is 5.92. The molecule has 0 spiro atoms. The molecule has 0 bridgehead atoms. The molecular formula is C14H23BrFN3. The third-order valence-corrected chi connectivity index (χ3v) is 4.92. The van der Waals surface area contributed by atoms with E-state index >= 15 is 0 Å². The Bertz CT molecular complexity index is 446. The molecular weight excluding hydrogens is 309 g/mol. The van der Waals surface area contributed by atoms with E-state index in [1.165, 1.54) is 0 Å². The largest absolute Gasteiger partial charge is 0.328 e. The smallest absolute Gasteiger partial charge is 0.118 e. The van der Waals surface area contributed by atoms with Gasteiger partial charge in [-0.15, -0.1) is 0 Å². The number of hydrogen-bond acceptors (Lipinski definition) is 2. The van der Waals surface area contributed by atoms with Crippen LogP contribution in [0.15, 0.2) is 4.47 Å². The van der Waals surface area contributed by atoms with Gasteiger partial charge in [-0.3, -0.25) is 4.68 Å². The molecule has 0 aliphatic heterocycles. The van der Waals surface area contributed by atoms with Crippen LogP contribution in [0.1, 0.15) is 50.9 Å². The van der Waals surface area contributed by atoms with Crippen molar-refractivity contribution in [2.75, 3.05) is 0 Å². The zero-order valence-corrected chi connectivity index (χ0v) is 13.3. The van der Waals surface area contributed by atoms with E-state index in [0.717, 1.165) is 41.7 Å². The summed E-state index contributed by atoms with van der Waals surface area (Å²) in [4.78, 5) is 0. The predicted octanol–water partition coefficient (Wildman–Crippen LogP) is 3.38. The van der Waals surface area contributed by atoms with Gasteiger partial charge in [-0.05, 0) is 55.0 Å². The van der Waals surface area contributed by atoms with Gasteiger partial charge in [0.05, 0.1) is 15.9 Å². The normalized spacial score (nSPS) is 27.7. The van der Waals surface area contributed by atoms with Gasteiger partial charge in [0.15, 0.2) is 0 Å². The van der Waals surface area contributed by atoms with Crippen LogP contribution in [0, 0.1) is 0 Å². The van der Waals surface area contributed by atoms with Crippen molar-refractivity contribution in [1.29, 1.82) is 0 Å². The van der Waals surface area contributed by atoms with Gasteiger partial charge in [0.25, 0.3) is 0 Å². The summed E-state index contributed by atoms with van der Waals surface area (Å²) in [5.74, 6) is 0. The Balaban J connectivity index is 2.24. The van der Waals surface area contributed by atoms with E-state index < -0.39 is 5.67 Å². The molecule has 1 saturated carbocycles. The number of rotatable bonds is 4. The standard InChI is InChI=1S/C14H23BrFN3/c1-3-11-13(15)12(19(4-2)18-11)9-14(16)7-5-6-10(17)8-14/h10H,3-9,17H2,1-2H3. The first kappa shape index (κ1) is 15.0. The molecule has 2 rings (SSSR count). The van der Waals surface area contributed by atoms with Gasteiger partial charge in [-0.2, -0.15) is 5.10 Å². The first-order chi connectivity index (χ1) is 8.99. The molecule has 2 N–H and O–H groups in total. The second-order valence-corrected chi connectivity index (χ2v) is 6.35. The summed E-state index contributed by atoms with van der Waals surface area (Å²) in [7, 11) is 0. The molecule has 19 heavy (non-hydrogen) atoms. The molecule has 108 valence electrons. The summed E-state index contributed by atoms with van der Waals surface area (Å²) in [6, 6.07) is 0.00108. The minimum Gasteiger partial charge on any atom is -0.328 e. The number of hydrogen-bond donors (Lipinski definition) is 1. The highest BCUT2D eigenvalue weighted by molar-refractivity contribution is 9.10. The number of aromatic nitrogens is 2. The molecule has 1 heterocycles. The van der Waals surface area contributed by atoms with Crippen molar-refractivity contribution >= 4 is 15.9 Å². The van der Waals surface area contributed by atoms with Crippen LogP contribution < -0.4 is 5.73 Å². The second-order valence-electron chi connectivity index (χ2n) is 5.56. The molecule has 1 aliphatic carbocycles. The quantitative estimate of drug-likeness (QED) is 0.919. The number of alkyl halides is 1. The summed E-state index contributed by atoms with van der Waals surface area (Å²) in [6.45, 7) is 4.88. The molecule has 5 heteroatoms. The average molecular weight is 332 g/mol. The third-order valence-electron chi connectivity index (χ3n) is 4.01. The molecule has 0 radical (unpaired) electrons. The van der Waals surface area contributed by atoms with E-state index in [1.807, 2.05) is 11.6 Å². The SMILES string of the molecule is CCc1nn(CC)c(CC2(F)CCCC(N)C2)c1Br. The molecule has 3 nitrogen and oxygen atoms in total. The fraction of sp³-hybridized carbons (Fsp3) is 0.786. The summed E-state index contributed by atoms with van der Waals surface area (Å²) in [5, 5.41) is 4.53. The minimum absolute atomic E-state index is 0.00108. The lowest BCUT2D eigenvalue weighted by atomic mass is 9.80. The highest BCUT2D eigenvalue weighted by Gasteiger charge is 2.37. The first-order valence-electron chi connectivity index (χ1n) is 7.17. The highest BCUT2D eigenvalue weighted by Crippen LogP contribution is 2.36. The van der Waals surface area contributed by atoms with E-state index in [2.05, 4.69) is 28.0 Å². The molecule has 0 aromatic carbocycles. The molecule has 1 aromatic heterocycles. The maximum absolute atomic E-state index is 15.0. The Morgan fingerprint density at radius 3 is 2.84 bits per heavy atom. The van der Waals surface area contributed by atoms with E-state index in [-0.39, 0.29) is 6.04 Å². The molecule has 0 amide bonds. The van der Waals surface area contributed by atoms with Gasteiger partial charge in [0.2, 0.25) is 0 Å². The van der Waals surface area contributed by atoms with Crippen LogP contribution in [-0.4, -0.2) is 21.5 Å². The van der Waals surface area contributed by atoms with Gasteiger partial charge >= 0.3 is 0 Å². The van der Waals surface area contributed by atoms with Crippen LogP contribution in [0.25, 0.3) is 0 Å². The minimum atomic E-state index is -1.17. The van der Waals surface area contributed by atoms with Gasteiger partial charge in [-0.1, -0.05) is 6.92 Å². The number of aryl methyl sites for hydroxylation is 2. The molecule has 2 unspecified atom stereocenters. The fourth-order valence-electron chi connectivity index (χ4n) is 3.00. The molecule has 0 saturated heterocycles. The van der Waals surface area contributed by atoms with Crippen molar-refractivity contribution in [3.05, 3.63) is 15.9 Å². The first-order valence-corrected chi connectivity index (χ1v) is 7.97. The third kappa shape index (κ3) is 3.19. The summed E-state index contributed by atoms with van der Waals surface area (Å²) >= 11 is 3.59. The topological polar surface area (TPSA) is 43.8 Å². The Kier molecular flexibility index (Phi) is 4.66. The monoisotopic (exact) mass is 331 g/mol. The van der Waals surface area contributed by atoms with Crippen LogP contribution in [0.3, 0.4) is 0 Å². The van der Waals surface area contributed by atoms with Crippen LogP contribution in [0.4, 0.5) is 4.39 Å². The zero-order valence-electron chi connectivity index (χ0n) is 11.8. The molecule has 1 fully saturated rings. The van der Waals surface area contributed by atoms with Crippen molar-refractivity contribution < 1.29 is 4.39 Å². The van der Waals surface area contributed by atoms with E-state index in [1.54, 1.807) is 0 Å². The summed E-state index contributed by atoms with van der Waals surface area (Å²) in [6.07, 6.45) is 4.19. The van der Waals surface area contributed by atoms with Crippen LogP contribution in [-0.2, 0) is 19.4 Å². The maximum atomic E-state index is 15.0. The van der Waals surface area contributed by atoms with Gasteiger partial charge < -0.3 is 5.73 Å². The molecule has 1 aromatic rings. The van der Waals surface area contributed by atoms with Crippen LogP contribution >= 0.6 is 15.9 Å². The Morgan fingerprint density at radius 1 is 1.53 bits per heavy atom. The lowest BCUT2D eigenvalue weighted by Crippen LogP contribution is -2.40. The van der Waals surface area contributed by atoms with Crippen molar-refractivity contribution in [1.82, 2.24) is 9.78 Å². The van der Waals surface area contributed by atoms with Gasteiger partial charge in [0, 0.05) is 19.0 Å². The lowest BCUT2D eigenvalue weighted by Gasteiger charge is -2.33. The zero-order chi connectivity index (χ0) is 14.0. The summed E-state index contributed by atoms with van der Waals surface area (Å²) in [5.41, 5.74) is 6.76. The Labute approximate surface area is 122 Å². The van der Waals surface area contributed by atoms with Crippen LogP contribution in [0.5, 0.6) is 0 Å². The van der Waals surface area contributed by atoms with Crippen molar-refractivity contribution in [2.24, 2.45) is 5.73 Å². The average Bonchev–Trinajstić information content (AvgIpc) is 2.65. The fourth-order valence-corrected chi connectivity index (χ4v) is 3.71. The predicted molar refractivity (Wildman–Crippen MR) is 79.0 cm³/mol. The van der Waals surface area contributed by atoms with Gasteiger partial charge in [0.1, 0.15) is 5.67 Å².